The number of amides is 2. The maximum absolute atomic E-state index is 13.4. The van der Waals surface area contributed by atoms with E-state index in [0.29, 0.717) is 18.0 Å². The van der Waals surface area contributed by atoms with Crippen LogP contribution in [0.3, 0.4) is 0 Å². The van der Waals surface area contributed by atoms with Crippen molar-refractivity contribution in [2.45, 2.75) is 37.1 Å². The Morgan fingerprint density at radius 2 is 2.13 bits per heavy atom. The van der Waals surface area contributed by atoms with Gasteiger partial charge in [-0.1, -0.05) is 5.21 Å². The molecule has 206 valence electrons. The molecule has 0 unspecified atom stereocenters. The molecule has 4 heterocycles. The third-order valence-electron chi connectivity index (χ3n) is 6.37. The number of ether oxygens (including phenoxy) is 2. The van der Waals surface area contributed by atoms with E-state index in [0.717, 1.165) is 18.2 Å². The summed E-state index contributed by atoms with van der Waals surface area (Å²) in [6.07, 6.45) is 2.58. The number of pyridine rings is 1. The summed E-state index contributed by atoms with van der Waals surface area (Å²) < 4.78 is 54.5. The van der Waals surface area contributed by atoms with Crippen molar-refractivity contribution in [3.05, 3.63) is 65.5 Å². The minimum absolute atomic E-state index is 0.0717. The molecule has 0 saturated carbocycles. The van der Waals surface area contributed by atoms with E-state index in [2.05, 4.69) is 25.3 Å². The predicted molar refractivity (Wildman–Crippen MR) is 132 cm³/mol. The molecule has 2 amide bonds. The van der Waals surface area contributed by atoms with Gasteiger partial charge in [0.2, 0.25) is 15.9 Å². The highest BCUT2D eigenvalue weighted by Crippen LogP contribution is 2.20. The molecule has 0 aliphatic carbocycles. The van der Waals surface area contributed by atoms with Crippen molar-refractivity contribution in [2.75, 3.05) is 26.2 Å². The maximum atomic E-state index is 13.4. The molecule has 39 heavy (non-hydrogen) atoms. The Kier molecular flexibility index (Phi) is 7.54. The van der Waals surface area contributed by atoms with Crippen molar-refractivity contribution in [3.63, 3.8) is 0 Å². The van der Waals surface area contributed by atoms with E-state index in [4.69, 9.17) is 9.47 Å². The Morgan fingerprint density at radius 3 is 2.95 bits per heavy atom. The van der Waals surface area contributed by atoms with Crippen LogP contribution in [-0.4, -0.2) is 83.5 Å². The molecule has 2 aromatic heterocycles. The molecular formula is C24H26FN7O6S. The SMILES string of the molecule is Cc1cc(F)ccc1S(=O)(=O)NCC(=O)N1C[C@@H]2NC(=O)c3ncccc3OCCn3cc(nn3)CO[C@H]2C1. The lowest BCUT2D eigenvalue weighted by Crippen LogP contribution is -2.44. The Hall–Kier alpha value is -3.95. The molecular weight excluding hydrogens is 533 g/mol. The fourth-order valence-corrected chi connectivity index (χ4v) is 5.61. The van der Waals surface area contributed by atoms with Gasteiger partial charge in [0.25, 0.3) is 5.91 Å². The van der Waals surface area contributed by atoms with Crippen molar-refractivity contribution in [3.8, 4) is 5.75 Å². The number of aryl methyl sites for hydroxylation is 1. The van der Waals surface area contributed by atoms with Crippen LogP contribution in [0.15, 0.2) is 47.6 Å². The summed E-state index contributed by atoms with van der Waals surface area (Å²) in [6.45, 7) is 1.82. The Labute approximate surface area is 223 Å². The second kappa shape index (κ2) is 11.0. The summed E-state index contributed by atoms with van der Waals surface area (Å²) in [5.41, 5.74) is 0.859. The molecule has 2 aliphatic heterocycles. The number of sulfonamides is 1. The molecule has 1 fully saturated rings. The first-order valence-electron chi connectivity index (χ1n) is 12.1. The number of benzene rings is 1. The van der Waals surface area contributed by atoms with Crippen molar-refractivity contribution in [1.29, 1.82) is 0 Å². The molecule has 1 saturated heterocycles. The first-order valence-corrected chi connectivity index (χ1v) is 13.6. The first-order chi connectivity index (χ1) is 18.7. The van der Waals surface area contributed by atoms with Crippen LogP contribution < -0.4 is 14.8 Å². The molecule has 2 bridgehead atoms. The van der Waals surface area contributed by atoms with Gasteiger partial charge in [0.05, 0.1) is 42.9 Å². The number of fused-ring (bicyclic) bond motifs is 4. The van der Waals surface area contributed by atoms with Gasteiger partial charge in [-0.15, -0.1) is 5.10 Å². The number of halogens is 1. The van der Waals surface area contributed by atoms with Crippen molar-refractivity contribution >= 4 is 21.8 Å². The number of carbonyl (C=O) groups is 2. The fraction of sp³-hybridized carbons (Fsp3) is 0.375. The van der Waals surface area contributed by atoms with E-state index in [-0.39, 0.29) is 42.5 Å². The molecule has 3 aromatic rings. The fourth-order valence-electron chi connectivity index (χ4n) is 4.42. The molecule has 15 heteroatoms. The molecule has 2 aliphatic rings. The minimum atomic E-state index is -4.06. The van der Waals surface area contributed by atoms with Crippen molar-refractivity contribution in [2.24, 2.45) is 0 Å². The highest BCUT2D eigenvalue weighted by atomic mass is 32.2. The summed E-state index contributed by atoms with van der Waals surface area (Å²) in [7, 11) is -4.06. The molecule has 1 aromatic carbocycles. The standard InChI is InChI=1S/C24H26FN7O6S/c1-15-9-16(25)4-5-21(15)39(35,36)27-10-22(33)31-12-18-20(13-31)38-14-17-11-32(30-29-17)7-8-37-19-3-2-6-26-23(19)24(34)28-18/h2-6,9,11,18,20,27H,7-8,10,12-14H2,1H3,(H,28,34)/t18-,20-/m0/s1. The van der Waals surface area contributed by atoms with Crippen molar-refractivity contribution < 1.29 is 31.9 Å². The third kappa shape index (κ3) is 6.05. The Morgan fingerprint density at radius 1 is 1.28 bits per heavy atom. The van der Waals surface area contributed by atoms with Gasteiger partial charge in [-0.25, -0.2) is 27.2 Å². The average molecular weight is 560 g/mol. The van der Waals surface area contributed by atoms with Crippen LogP contribution in [-0.2, 0) is 32.7 Å². The van der Waals surface area contributed by atoms with E-state index in [1.54, 1.807) is 23.0 Å². The van der Waals surface area contributed by atoms with Crippen LogP contribution in [0.2, 0.25) is 0 Å². The highest BCUT2D eigenvalue weighted by molar-refractivity contribution is 7.89. The van der Waals surface area contributed by atoms with E-state index >= 15 is 0 Å². The zero-order valence-electron chi connectivity index (χ0n) is 20.9. The van der Waals surface area contributed by atoms with Gasteiger partial charge >= 0.3 is 0 Å². The van der Waals surface area contributed by atoms with Gasteiger partial charge in [0.15, 0.2) is 11.4 Å². The van der Waals surface area contributed by atoms with Gasteiger partial charge < -0.3 is 19.7 Å². The van der Waals surface area contributed by atoms with Crippen LogP contribution in [0.4, 0.5) is 4.39 Å². The summed E-state index contributed by atoms with van der Waals surface area (Å²) in [4.78, 5) is 31.6. The number of nitrogens with one attached hydrogen (secondary N) is 2. The number of likely N-dealkylation sites (tertiary alicyclic amines) is 1. The summed E-state index contributed by atoms with van der Waals surface area (Å²) in [6, 6.07) is 5.95. The average Bonchev–Trinajstić information content (AvgIpc) is 3.52. The first kappa shape index (κ1) is 26.6. The van der Waals surface area contributed by atoms with Crippen LogP contribution in [0.25, 0.3) is 0 Å². The van der Waals surface area contributed by atoms with Gasteiger partial charge in [-0.05, 0) is 42.8 Å². The molecule has 0 radical (unpaired) electrons. The number of hydrogen-bond donors (Lipinski definition) is 2. The van der Waals surface area contributed by atoms with Crippen LogP contribution in [0, 0.1) is 12.7 Å². The van der Waals surface area contributed by atoms with Crippen molar-refractivity contribution in [1.82, 2.24) is 34.9 Å². The topological polar surface area (TPSA) is 158 Å². The van der Waals surface area contributed by atoms with Gasteiger partial charge in [-0.3, -0.25) is 9.59 Å². The zero-order valence-corrected chi connectivity index (χ0v) is 21.7. The lowest BCUT2D eigenvalue weighted by Gasteiger charge is -2.20. The second-order valence-corrected chi connectivity index (χ2v) is 10.9. The number of rotatable bonds is 4. The van der Waals surface area contributed by atoms with E-state index in [9.17, 15) is 22.4 Å². The number of aromatic nitrogens is 4. The zero-order chi connectivity index (χ0) is 27.6. The number of nitrogens with zero attached hydrogens (tertiary/aromatic N) is 5. The normalized spacial score (nSPS) is 19.8. The lowest BCUT2D eigenvalue weighted by atomic mass is 10.2. The largest absolute Gasteiger partial charge is 0.489 e. The molecule has 2 N–H and O–H groups in total. The van der Waals surface area contributed by atoms with E-state index in [1.807, 2.05) is 0 Å². The number of hydrogen-bond acceptors (Lipinski definition) is 9. The van der Waals surface area contributed by atoms with Gasteiger partial charge in [0.1, 0.15) is 18.1 Å². The Balaban J connectivity index is 1.31. The molecule has 2 atom stereocenters. The summed E-state index contributed by atoms with van der Waals surface area (Å²) >= 11 is 0. The summed E-state index contributed by atoms with van der Waals surface area (Å²) in [5.74, 6) is -1.29. The third-order valence-corrected chi connectivity index (χ3v) is 7.93. The monoisotopic (exact) mass is 559 g/mol. The Bertz CT molecular complexity index is 1500. The maximum Gasteiger partial charge on any atom is 0.274 e. The lowest BCUT2D eigenvalue weighted by molar-refractivity contribution is -0.129. The van der Waals surface area contributed by atoms with Gasteiger partial charge in [0, 0.05) is 19.3 Å². The summed E-state index contributed by atoms with van der Waals surface area (Å²) in [5, 5.41) is 11.0. The highest BCUT2D eigenvalue weighted by Gasteiger charge is 2.38. The molecule has 13 nitrogen and oxygen atoms in total. The molecule has 5 rings (SSSR count). The van der Waals surface area contributed by atoms with E-state index < -0.39 is 46.3 Å². The van der Waals surface area contributed by atoms with Crippen LogP contribution in [0.5, 0.6) is 5.75 Å². The van der Waals surface area contributed by atoms with Crippen LogP contribution in [0.1, 0.15) is 21.7 Å². The molecule has 0 spiro atoms. The minimum Gasteiger partial charge on any atom is -0.489 e. The second-order valence-electron chi connectivity index (χ2n) is 9.13. The van der Waals surface area contributed by atoms with E-state index in [1.165, 1.54) is 18.0 Å². The predicted octanol–water partition coefficient (Wildman–Crippen LogP) is 0.0175. The van der Waals surface area contributed by atoms with Crippen LogP contribution >= 0.6 is 0 Å². The quantitative estimate of drug-likeness (QED) is 0.450. The smallest absolute Gasteiger partial charge is 0.274 e. The number of carbonyl (C=O) groups excluding carboxylic acids is 2. The van der Waals surface area contributed by atoms with Gasteiger partial charge in [-0.2, -0.15) is 0 Å².